The van der Waals surface area contributed by atoms with Crippen LogP contribution in [0.5, 0.6) is 0 Å². The van der Waals surface area contributed by atoms with Gasteiger partial charge in [-0.05, 0) is 43.9 Å². The highest BCUT2D eigenvalue weighted by molar-refractivity contribution is 5.92. The van der Waals surface area contributed by atoms with Gasteiger partial charge in [0.25, 0.3) is 0 Å². The molecule has 2 aromatic carbocycles. The van der Waals surface area contributed by atoms with E-state index in [2.05, 4.69) is 25.4 Å². The zero-order chi connectivity index (χ0) is 19.7. The summed E-state index contributed by atoms with van der Waals surface area (Å²) in [5.41, 5.74) is 2.17. The highest BCUT2D eigenvalue weighted by Gasteiger charge is 2.15. The first-order valence-electron chi connectivity index (χ1n) is 8.67. The van der Waals surface area contributed by atoms with Crippen molar-refractivity contribution in [1.29, 1.82) is 0 Å². The topological polar surface area (TPSA) is 73.5 Å². The molecular weight excluding hydrogens is 362 g/mol. The Bertz CT molecular complexity index is 1160. The number of rotatable bonds is 5. The number of fused-ring (bicyclic) bond motifs is 1. The molecule has 0 saturated heterocycles. The van der Waals surface area contributed by atoms with Crippen molar-refractivity contribution in [3.05, 3.63) is 65.1 Å². The van der Waals surface area contributed by atoms with Gasteiger partial charge in [0.05, 0.1) is 23.3 Å². The summed E-state index contributed by atoms with van der Waals surface area (Å²) < 4.78 is 27.9. The lowest BCUT2D eigenvalue weighted by atomic mass is 10.1. The number of nitrogens with one attached hydrogen (secondary N) is 2. The monoisotopic (exact) mass is 380 g/mol. The van der Waals surface area contributed by atoms with Gasteiger partial charge in [0.1, 0.15) is 17.5 Å². The van der Waals surface area contributed by atoms with Gasteiger partial charge in [0, 0.05) is 11.5 Å². The fraction of sp³-hybridized carbons (Fsp3) is 0.150. The first-order valence-corrected chi connectivity index (χ1v) is 8.67. The van der Waals surface area contributed by atoms with E-state index in [0.29, 0.717) is 29.1 Å². The first-order chi connectivity index (χ1) is 13.5. The Labute approximate surface area is 159 Å². The third-order valence-electron chi connectivity index (χ3n) is 4.20. The first kappa shape index (κ1) is 18.0. The number of H-pyrrole nitrogens is 2. The number of aromatic nitrogens is 5. The molecule has 4 rings (SSSR count). The standard InChI is InChI=1S/C20H18F2N6/c1-28(2)11-19-23-20(27-26-19)14-9-15-17(24-25-18(15)10-16(14)22)7-6-12-4-3-5-13(21)8-12/h3-10H,11H2,1-2H3,(H,24,25)(H,23,26,27)/b7-6+. The fourth-order valence-electron chi connectivity index (χ4n) is 2.93. The summed E-state index contributed by atoms with van der Waals surface area (Å²) in [4.78, 5) is 6.31. The predicted octanol–water partition coefficient (Wildman–Crippen LogP) is 3.86. The molecule has 28 heavy (non-hydrogen) atoms. The minimum Gasteiger partial charge on any atom is -0.302 e. The average molecular weight is 380 g/mol. The van der Waals surface area contributed by atoms with Crippen molar-refractivity contribution in [2.45, 2.75) is 6.54 Å². The Morgan fingerprint density at radius 2 is 1.89 bits per heavy atom. The molecule has 0 aliphatic rings. The third-order valence-corrected chi connectivity index (χ3v) is 4.20. The summed E-state index contributed by atoms with van der Waals surface area (Å²) in [5.74, 6) is 0.194. The van der Waals surface area contributed by atoms with Crippen molar-refractivity contribution >= 4 is 23.1 Å². The summed E-state index contributed by atoms with van der Waals surface area (Å²) in [6.45, 7) is 0.574. The van der Waals surface area contributed by atoms with Crippen LogP contribution in [0.4, 0.5) is 8.78 Å². The minimum absolute atomic E-state index is 0.288. The zero-order valence-electron chi connectivity index (χ0n) is 15.4. The van der Waals surface area contributed by atoms with Crippen molar-refractivity contribution in [3.63, 3.8) is 0 Å². The molecule has 2 heterocycles. The Hall–Kier alpha value is -3.39. The van der Waals surface area contributed by atoms with E-state index in [1.807, 2.05) is 19.0 Å². The van der Waals surface area contributed by atoms with Crippen molar-refractivity contribution < 1.29 is 8.78 Å². The van der Waals surface area contributed by atoms with E-state index in [0.717, 1.165) is 5.39 Å². The molecule has 0 aliphatic heterocycles. The quantitative estimate of drug-likeness (QED) is 0.551. The lowest BCUT2D eigenvalue weighted by molar-refractivity contribution is 0.391. The smallest absolute Gasteiger partial charge is 0.184 e. The van der Waals surface area contributed by atoms with Crippen LogP contribution in [0.1, 0.15) is 17.1 Å². The van der Waals surface area contributed by atoms with Crippen LogP contribution in [0.3, 0.4) is 0 Å². The van der Waals surface area contributed by atoms with E-state index in [1.54, 1.807) is 30.4 Å². The molecule has 4 aromatic rings. The van der Waals surface area contributed by atoms with E-state index in [9.17, 15) is 8.78 Å². The van der Waals surface area contributed by atoms with Gasteiger partial charge in [-0.3, -0.25) is 10.2 Å². The van der Waals surface area contributed by atoms with E-state index < -0.39 is 5.82 Å². The second kappa shape index (κ2) is 7.32. The minimum atomic E-state index is -0.438. The van der Waals surface area contributed by atoms with Gasteiger partial charge in [-0.1, -0.05) is 18.2 Å². The molecule has 6 nitrogen and oxygen atoms in total. The SMILES string of the molecule is CN(C)Cc1nc(-c2cc3c(/C=C/c4cccc(F)c4)n[nH]c3cc2F)n[nH]1. The highest BCUT2D eigenvalue weighted by atomic mass is 19.1. The molecule has 2 N–H and O–H groups in total. The second-order valence-electron chi connectivity index (χ2n) is 6.72. The molecule has 0 radical (unpaired) electrons. The van der Waals surface area contributed by atoms with Gasteiger partial charge in [-0.15, -0.1) is 0 Å². The Kier molecular flexibility index (Phi) is 4.70. The molecule has 0 saturated carbocycles. The third kappa shape index (κ3) is 3.67. The van der Waals surface area contributed by atoms with Crippen LogP contribution in [-0.2, 0) is 6.54 Å². The summed E-state index contributed by atoms with van der Waals surface area (Å²) in [6.07, 6.45) is 3.51. The lowest BCUT2D eigenvalue weighted by Crippen LogP contribution is -2.11. The van der Waals surface area contributed by atoms with Gasteiger partial charge in [0.2, 0.25) is 0 Å². The van der Waals surface area contributed by atoms with Crippen molar-refractivity contribution in [2.24, 2.45) is 0 Å². The Morgan fingerprint density at radius 1 is 1.04 bits per heavy atom. The maximum Gasteiger partial charge on any atom is 0.184 e. The van der Waals surface area contributed by atoms with Gasteiger partial charge in [-0.25, -0.2) is 13.8 Å². The number of halogens is 2. The van der Waals surface area contributed by atoms with Crippen LogP contribution in [-0.4, -0.2) is 44.4 Å². The number of hydrogen-bond acceptors (Lipinski definition) is 4. The van der Waals surface area contributed by atoms with E-state index in [4.69, 9.17) is 0 Å². The van der Waals surface area contributed by atoms with Crippen LogP contribution in [0, 0.1) is 11.6 Å². The molecule has 0 spiro atoms. The average Bonchev–Trinajstić information content (AvgIpc) is 3.25. The van der Waals surface area contributed by atoms with Crippen LogP contribution >= 0.6 is 0 Å². The fourth-order valence-corrected chi connectivity index (χ4v) is 2.93. The molecule has 0 amide bonds. The number of benzene rings is 2. The van der Waals surface area contributed by atoms with E-state index >= 15 is 0 Å². The lowest BCUT2D eigenvalue weighted by Gasteiger charge is -2.04. The number of hydrogen-bond donors (Lipinski definition) is 2. The summed E-state index contributed by atoms with van der Waals surface area (Å²) in [6, 6.07) is 9.29. The maximum atomic E-state index is 14.6. The number of nitrogens with zero attached hydrogens (tertiary/aromatic N) is 4. The normalized spacial score (nSPS) is 11.9. The zero-order valence-corrected chi connectivity index (χ0v) is 15.4. The van der Waals surface area contributed by atoms with Crippen LogP contribution < -0.4 is 0 Å². The van der Waals surface area contributed by atoms with Gasteiger partial charge >= 0.3 is 0 Å². The summed E-state index contributed by atoms with van der Waals surface area (Å²) in [5, 5.41) is 14.7. The summed E-state index contributed by atoms with van der Waals surface area (Å²) in [7, 11) is 3.83. The van der Waals surface area contributed by atoms with Gasteiger partial charge in [-0.2, -0.15) is 10.2 Å². The molecule has 2 aromatic heterocycles. The molecule has 142 valence electrons. The maximum absolute atomic E-state index is 14.6. The van der Waals surface area contributed by atoms with Crippen molar-refractivity contribution in [3.8, 4) is 11.4 Å². The highest BCUT2D eigenvalue weighted by Crippen LogP contribution is 2.27. The molecule has 0 atom stereocenters. The van der Waals surface area contributed by atoms with Crippen molar-refractivity contribution in [2.75, 3.05) is 14.1 Å². The largest absolute Gasteiger partial charge is 0.302 e. The molecule has 0 aliphatic carbocycles. The summed E-state index contributed by atoms with van der Waals surface area (Å²) >= 11 is 0. The number of aromatic amines is 2. The molecule has 0 bridgehead atoms. The van der Waals surface area contributed by atoms with Crippen molar-refractivity contribution in [1.82, 2.24) is 30.3 Å². The van der Waals surface area contributed by atoms with Gasteiger partial charge < -0.3 is 4.90 Å². The molecular formula is C20H18F2N6. The van der Waals surface area contributed by atoms with E-state index in [-0.39, 0.29) is 17.2 Å². The van der Waals surface area contributed by atoms with Crippen LogP contribution in [0.25, 0.3) is 34.4 Å². The van der Waals surface area contributed by atoms with E-state index in [1.165, 1.54) is 18.2 Å². The predicted molar refractivity (Wildman–Crippen MR) is 104 cm³/mol. The molecule has 8 heteroatoms. The van der Waals surface area contributed by atoms with Crippen LogP contribution in [0.2, 0.25) is 0 Å². The Balaban J connectivity index is 1.71. The van der Waals surface area contributed by atoms with Gasteiger partial charge in [0.15, 0.2) is 5.82 Å². The molecule has 0 unspecified atom stereocenters. The molecule has 0 fully saturated rings. The second-order valence-corrected chi connectivity index (χ2v) is 6.72. The van der Waals surface area contributed by atoms with Crippen LogP contribution in [0.15, 0.2) is 36.4 Å². The Morgan fingerprint density at radius 3 is 2.68 bits per heavy atom.